The van der Waals surface area contributed by atoms with E-state index < -0.39 is 11.5 Å². The number of nitriles is 1. The number of nitrogens with zero attached hydrogens (tertiary/aromatic N) is 4. The lowest BCUT2D eigenvalue weighted by Crippen LogP contribution is -2.16. The number of hydrogen-bond donors (Lipinski definition) is 3. The van der Waals surface area contributed by atoms with Crippen molar-refractivity contribution in [3.63, 3.8) is 0 Å². The van der Waals surface area contributed by atoms with Gasteiger partial charge in [-0.05, 0) is 48.5 Å². The Morgan fingerprint density at radius 2 is 1.72 bits per heavy atom. The second-order valence-corrected chi connectivity index (χ2v) is 8.10. The average molecular weight is 494 g/mol. The lowest BCUT2D eigenvalue weighted by atomic mass is 10.1. The molecule has 0 radical (unpaired) electrons. The number of hydrogen-bond acceptors (Lipinski definition) is 7. The van der Waals surface area contributed by atoms with Gasteiger partial charge in [-0.25, -0.2) is 9.97 Å². The Bertz CT molecular complexity index is 1710. The van der Waals surface area contributed by atoms with Gasteiger partial charge >= 0.3 is 0 Å². The van der Waals surface area contributed by atoms with Crippen LogP contribution in [-0.2, 0) is 0 Å². The van der Waals surface area contributed by atoms with Gasteiger partial charge in [-0.2, -0.15) is 5.26 Å². The van der Waals surface area contributed by atoms with Gasteiger partial charge in [0.25, 0.3) is 11.5 Å². The monoisotopic (exact) mass is 493 g/mol. The number of aromatic nitrogens is 4. The average Bonchev–Trinajstić information content (AvgIpc) is 2.89. The van der Waals surface area contributed by atoms with Gasteiger partial charge in [0, 0.05) is 22.0 Å². The lowest BCUT2D eigenvalue weighted by molar-refractivity contribution is 0.102. The molecule has 3 N–H and O–H groups in total. The fourth-order valence-electron chi connectivity index (χ4n) is 3.52. The molecular formula is C26H16ClN7O2. The van der Waals surface area contributed by atoms with Gasteiger partial charge in [0.2, 0.25) is 5.95 Å². The zero-order valence-electron chi connectivity index (χ0n) is 18.5. The van der Waals surface area contributed by atoms with E-state index in [1.165, 1.54) is 6.20 Å². The Balaban J connectivity index is 1.45. The number of rotatable bonds is 5. The van der Waals surface area contributed by atoms with Gasteiger partial charge in [-0.15, -0.1) is 0 Å². The van der Waals surface area contributed by atoms with Crippen LogP contribution in [0.15, 0.2) is 83.8 Å². The summed E-state index contributed by atoms with van der Waals surface area (Å²) in [5, 5.41) is 15.9. The van der Waals surface area contributed by atoms with Crippen LogP contribution in [0, 0.1) is 11.3 Å². The molecule has 0 fully saturated rings. The van der Waals surface area contributed by atoms with E-state index in [0.29, 0.717) is 33.0 Å². The zero-order valence-corrected chi connectivity index (χ0v) is 19.2. The lowest BCUT2D eigenvalue weighted by Gasteiger charge is -2.11. The van der Waals surface area contributed by atoms with Crippen molar-refractivity contribution in [3.8, 4) is 17.3 Å². The van der Waals surface area contributed by atoms with Gasteiger partial charge in [-0.1, -0.05) is 35.9 Å². The molecule has 0 aliphatic rings. The summed E-state index contributed by atoms with van der Waals surface area (Å²) in [6.07, 6.45) is 1.41. The van der Waals surface area contributed by atoms with Crippen LogP contribution in [0.3, 0.4) is 0 Å². The summed E-state index contributed by atoms with van der Waals surface area (Å²) in [6.45, 7) is 0. The topological polar surface area (TPSA) is 136 Å². The Labute approximate surface area is 209 Å². The Morgan fingerprint density at radius 1 is 0.944 bits per heavy atom. The van der Waals surface area contributed by atoms with Crippen LogP contribution in [0.1, 0.15) is 16.1 Å². The van der Waals surface area contributed by atoms with E-state index in [1.807, 2.05) is 24.3 Å². The molecule has 1 amide bonds. The second kappa shape index (κ2) is 9.66. The van der Waals surface area contributed by atoms with E-state index in [4.69, 9.17) is 11.6 Å². The molecule has 0 bridgehead atoms. The van der Waals surface area contributed by atoms with E-state index in [1.54, 1.807) is 54.6 Å². The molecule has 5 rings (SSSR count). The number of fused-ring (bicyclic) bond motifs is 1. The van der Waals surface area contributed by atoms with Crippen molar-refractivity contribution < 1.29 is 4.79 Å². The van der Waals surface area contributed by atoms with Gasteiger partial charge in [0.05, 0.1) is 22.9 Å². The maximum atomic E-state index is 12.8. The van der Waals surface area contributed by atoms with Crippen LogP contribution < -0.4 is 16.2 Å². The van der Waals surface area contributed by atoms with Crippen molar-refractivity contribution in [1.29, 1.82) is 5.26 Å². The fourth-order valence-corrected chi connectivity index (χ4v) is 3.65. The number of halogens is 1. The maximum Gasteiger partial charge on any atom is 0.275 e. The summed E-state index contributed by atoms with van der Waals surface area (Å²) < 4.78 is 0. The predicted molar refractivity (Wildman–Crippen MR) is 137 cm³/mol. The highest BCUT2D eigenvalue weighted by Crippen LogP contribution is 2.25. The van der Waals surface area contributed by atoms with Crippen molar-refractivity contribution in [2.45, 2.75) is 0 Å². The van der Waals surface area contributed by atoms with Crippen molar-refractivity contribution in [2.24, 2.45) is 0 Å². The van der Waals surface area contributed by atoms with Gasteiger partial charge in [0.15, 0.2) is 0 Å². The first-order valence-corrected chi connectivity index (χ1v) is 11.1. The fraction of sp³-hybridized carbons (Fsp3) is 0. The SMILES string of the molecule is N#Cc1c(-c2cccc(NC(=O)c3cnc4ccccc4n3)c2)nc(Nc2ccc(Cl)cc2)[nH]c1=O. The summed E-state index contributed by atoms with van der Waals surface area (Å²) in [5.41, 5.74) is 2.41. The summed E-state index contributed by atoms with van der Waals surface area (Å²) >= 11 is 5.93. The first-order valence-electron chi connectivity index (χ1n) is 10.7. The molecule has 0 aliphatic carbocycles. The van der Waals surface area contributed by atoms with Crippen molar-refractivity contribution in [1.82, 2.24) is 19.9 Å². The summed E-state index contributed by atoms with van der Waals surface area (Å²) in [4.78, 5) is 41.0. The van der Waals surface area contributed by atoms with E-state index in [0.717, 1.165) is 0 Å². The molecule has 2 aromatic heterocycles. The Hall–Kier alpha value is -5.07. The molecule has 0 saturated carbocycles. The molecule has 0 saturated heterocycles. The van der Waals surface area contributed by atoms with Crippen molar-refractivity contribution >= 4 is 45.9 Å². The predicted octanol–water partition coefficient (Wildman–Crippen LogP) is 4.90. The minimum absolute atomic E-state index is 0.150. The van der Waals surface area contributed by atoms with E-state index >= 15 is 0 Å². The number of nitrogens with one attached hydrogen (secondary N) is 3. The summed E-state index contributed by atoms with van der Waals surface area (Å²) in [5.74, 6) is -0.299. The van der Waals surface area contributed by atoms with Crippen molar-refractivity contribution in [3.05, 3.63) is 106 Å². The highest BCUT2D eigenvalue weighted by Gasteiger charge is 2.15. The van der Waals surface area contributed by atoms with Crippen LogP contribution >= 0.6 is 11.6 Å². The van der Waals surface area contributed by atoms with Crippen LogP contribution in [0.25, 0.3) is 22.3 Å². The standard InChI is InChI=1S/C26H16ClN7O2/c27-16-8-10-17(11-9-16)31-26-33-23(19(13-28)24(35)34-26)15-4-3-5-18(12-15)30-25(36)22-14-29-20-6-1-2-7-21(20)32-22/h1-12,14H,(H,30,36)(H2,31,33,34,35). The quantitative estimate of drug-likeness (QED) is 0.316. The molecule has 174 valence electrons. The molecule has 0 unspecified atom stereocenters. The van der Waals surface area contributed by atoms with Gasteiger partial charge in [0.1, 0.15) is 17.3 Å². The molecule has 5 aromatic rings. The molecular weight excluding hydrogens is 478 g/mol. The minimum atomic E-state index is -0.597. The van der Waals surface area contributed by atoms with E-state index in [2.05, 4.69) is 30.6 Å². The number of aromatic amines is 1. The number of amides is 1. The van der Waals surface area contributed by atoms with Crippen LogP contribution in [-0.4, -0.2) is 25.8 Å². The second-order valence-electron chi connectivity index (χ2n) is 7.66. The van der Waals surface area contributed by atoms with Crippen LogP contribution in [0.5, 0.6) is 0 Å². The largest absolute Gasteiger partial charge is 0.326 e. The molecule has 0 aliphatic heterocycles. The first kappa shape index (κ1) is 22.7. The smallest absolute Gasteiger partial charge is 0.275 e. The Kier molecular flexibility index (Phi) is 6.09. The minimum Gasteiger partial charge on any atom is -0.326 e. The number of anilines is 3. The highest BCUT2D eigenvalue weighted by atomic mass is 35.5. The first-order chi connectivity index (χ1) is 17.5. The number of H-pyrrole nitrogens is 1. The third-order valence-corrected chi connectivity index (χ3v) is 5.47. The molecule has 2 heterocycles. The van der Waals surface area contributed by atoms with Crippen LogP contribution in [0.4, 0.5) is 17.3 Å². The molecule has 10 heteroatoms. The number of carbonyl (C=O) groups is 1. The maximum absolute atomic E-state index is 12.8. The molecule has 9 nitrogen and oxygen atoms in total. The van der Waals surface area contributed by atoms with Gasteiger partial charge < -0.3 is 10.6 Å². The number of carbonyl (C=O) groups excluding carboxylic acids is 1. The normalized spacial score (nSPS) is 10.6. The van der Waals surface area contributed by atoms with E-state index in [9.17, 15) is 14.9 Å². The summed E-state index contributed by atoms with van der Waals surface area (Å²) in [6, 6.07) is 22.7. The third-order valence-electron chi connectivity index (χ3n) is 5.21. The van der Waals surface area contributed by atoms with Crippen molar-refractivity contribution in [2.75, 3.05) is 10.6 Å². The van der Waals surface area contributed by atoms with Crippen LogP contribution in [0.2, 0.25) is 5.02 Å². The molecule has 0 spiro atoms. The number of para-hydroxylation sites is 2. The highest BCUT2D eigenvalue weighted by molar-refractivity contribution is 6.30. The Morgan fingerprint density at radius 3 is 2.50 bits per heavy atom. The third kappa shape index (κ3) is 4.75. The molecule has 3 aromatic carbocycles. The zero-order chi connectivity index (χ0) is 25.1. The van der Waals surface area contributed by atoms with E-state index in [-0.39, 0.29) is 22.9 Å². The summed E-state index contributed by atoms with van der Waals surface area (Å²) in [7, 11) is 0. The van der Waals surface area contributed by atoms with Gasteiger partial charge in [-0.3, -0.25) is 19.6 Å². The number of benzene rings is 3. The molecule has 36 heavy (non-hydrogen) atoms. The molecule has 0 atom stereocenters.